The molecule has 27 heavy (non-hydrogen) atoms. The Morgan fingerprint density at radius 2 is 2.00 bits per heavy atom. The molecule has 0 spiro atoms. The van der Waals surface area contributed by atoms with Gasteiger partial charge >= 0.3 is 6.09 Å². The average molecular weight is 375 g/mol. The van der Waals surface area contributed by atoms with Gasteiger partial charge in [0.25, 0.3) is 0 Å². The van der Waals surface area contributed by atoms with Crippen LogP contribution in [0.5, 0.6) is 0 Å². The number of nitrogen functional groups attached to an aromatic ring is 1. The van der Waals surface area contributed by atoms with Crippen molar-refractivity contribution in [1.82, 2.24) is 10.2 Å². The highest BCUT2D eigenvalue weighted by Crippen LogP contribution is 2.28. The molecule has 2 aliphatic rings. The Kier molecular flexibility index (Phi) is 6.15. The Morgan fingerprint density at radius 3 is 2.67 bits per heavy atom. The number of anilines is 2. The van der Waals surface area contributed by atoms with Gasteiger partial charge < -0.3 is 25.6 Å². The van der Waals surface area contributed by atoms with E-state index in [1.807, 2.05) is 37.8 Å². The zero-order valence-electron chi connectivity index (χ0n) is 16.9. The van der Waals surface area contributed by atoms with E-state index >= 15 is 0 Å². The van der Waals surface area contributed by atoms with E-state index in [1.165, 1.54) is 5.69 Å². The fourth-order valence-corrected chi connectivity index (χ4v) is 4.07. The maximum absolute atomic E-state index is 12.6. The van der Waals surface area contributed by atoms with Crippen LogP contribution in [0, 0.1) is 5.92 Å². The number of hydrogen-bond acceptors (Lipinski definition) is 5. The summed E-state index contributed by atoms with van der Waals surface area (Å²) in [4.78, 5) is 16.9. The molecular formula is C21H34N4O2. The maximum atomic E-state index is 12.6. The molecule has 2 fully saturated rings. The number of benzene rings is 1. The number of piperidine rings is 1. The normalized spacial score (nSPS) is 22.0. The fraction of sp³-hybridized carbons (Fsp3) is 0.667. The van der Waals surface area contributed by atoms with E-state index < -0.39 is 5.60 Å². The zero-order chi connectivity index (χ0) is 19.4. The summed E-state index contributed by atoms with van der Waals surface area (Å²) < 4.78 is 5.62. The van der Waals surface area contributed by atoms with Crippen LogP contribution >= 0.6 is 0 Å². The fourth-order valence-electron chi connectivity index (χ4n) is 4.07. The summed E-state index contributed by atoms with van der Waals surface area (Å²) in [6, 6.07) is 8.35. The van der Waals surface area contributed by atoms with Gasteiger partial charge in [-0.1, -0.05) is 6.07 Å². The van der Waals surface area contributed by atoms with Crippen LogP contribution in [-0.4, -0.2) is 55.4 Å². The lowest BCUT2D eigenvalue weighted by molar-refractivity contribution is 0.00890. The van der Waals surface area contributed by atoms with Gasteiger partial charge in [0.2, 0.25) is 0 Å². The average Bonchev–Trinajstić information content (AvgIpc) is 2.61. The molecule has 0 aliphatic carbocycles. The molecule has 1 unspecified atom stereocenters. The number of ether oxygens (including phenoxy) is 1. The van der Waals surface area contributed by atoms with Crippen molar-refractivity contribution < 1.29 is 9.53 Å². The molecule has 1 atom stereocenters. The second-order valence-electron chi connectivity index (χ2n) is 8.79. The first-order valence-corrected chi connectivity index (χ1v) is 10.1. The molecular weight excluding hydrogens is 340 g/mol. The Morgan fingerprint density at radius 1 is 1.26 bits per heavy atom. The lowest BCUT2D eigenvalue weighted by atomic mass is 9.89. The molecule has 2 aliphatic heterocycles. The molecule has 6 nitrogen and oxygen atoms in total. The largest absolute Gasteiger partial charge is 0.444 e. The van der Waals surface area contributed by atoms with Crippen LogP contribution in [0.4, 0.5) is 16.2 Å². The maximum Gasteiger partial charge on any atom is 0.410 e. The molecule has 2 heterocycles. The number of carbonyl (C=O) groups excluding carboxylic acids is 1. The SMILES string of the molecule is CC(C)(C)OC(=O)N1CCNCC1CC1CCN(c2cccc(N)c2)CC1. The summed E-state index contributed by atoms with van der Waals surface area (Å²) >= 11 is 0. The monoisotopic (exact) mass is 374 g/mol. The van der Waals surface area contributed by atoms with Gasteiger partial charge in [-0.05, 0) is 64.2 Å². The summed E-state index contributed by atoms with van der Waals surface area (Å²) in [5.41, 5.74) is 7.50. The molecule has 0 saturated carbocycles. The van der Waals surface area contributed by atoms with Crippen molar-refractivity contribution in [3.05, 3.63) is 24.3 Å². The molecule has 1 aromatic rings. The third kappa shape index (κ3) is 5.51. The minimum atomic E-state index is -0.449. The van der Waals surface area contributed by atoms with Crippen molar-refractivity contribution in [1.29, 1.82) is 0 Å². The molecule has 0 radical (unpaired) electrons. The van der Waals surface area contributed by atoms with Crippen molar-refractivity contribution >= 4 is 17.5 Å². The minimum absolute atomic E-state index is 0.175. The predicted octanol–water partition coefficient (Wildman–Crippen LogP) is 3.08. The van der Waals surface area contributed by atoms with Gasteiger partial charge in [-0.3, -0.25) is 0 Å². The number of piperazine rings is 1. The Balaban J connectivity index is 1.54. The van der Waals surface area contributed by atoms with Crippen molar-refractivity contribution in [3.63, 3.8) is 0 Å². The van der Waals surface area contributed by atoms with Crippen molar-refractivity contribution in [2.75, 3.05) is 43.4 Å². The van der Waals surface area contributed by atoms with Crippen molar-refractivity contribution in [2.45, 2.75) is 51.7 Å². The lowest BCUT2D eigenvalue weighted by Gasteiger charge is -2.40. The third-order valence-corrected chi connectivity index (χ3v) is 5.43. The van der Waals surface area contributed by atoms with E-state index in [-0.39, 0.29) is 12.1 Å². The molecule has 3 N–H and O–H groups in total. The highest BCUT2D eigenvalue weighted by molar-refractivity contribution is 5.68. The first-order valence-electron chi connectivity index (χ1n) is 10.1. The highest BCUT2D eigenvalue weighted by atomic mass is 16.6. The smallest absolute Gasteiger partial charge is 0.410 e. The van der Waals surface area contributed by atoms with E-state index in [4.69, 9.17) is 10.5 Å². The van der Waals surface area contributed by atoms with Gasteiger partial charge in [-0.25, -0.2) is 4.79 Å². The number of rotatable bonds is 3. The summed E-state index contributed by atoms with van der Waals surface area (Å²) in [6.07, 6.45) is 3.16. The van der Waals surface area contributed by atoms with E-state index in [0.29, 0.717) is 5.92 Å². The lowest BCUT2D eigenvalue weighted by Crippen LogP contribution is -2.55. The summed E-state index contributed by atoms with van der Waals surface area (Å²) in [5, 5.41) is 3.44. The van der Waals surface area contributed by atoms with Crippen LogP contribution < -0.4 is 16.0 Å². The second kappa shape index (κ2) is 8.38. The number of amides is 1. The zero-order valence-corrected chi connectivity index (χ0v) is 16.9. The van der Waals surface area contributed by atoms with Gasteiger partial charge in [-0.15, -0.1) is 0 Å². The van der Waals surface area contributed by atoms with E-state index in [1.54, 1.807) is 0 Å². The molecule has 150 valence electrons. The van der Waals surface area contributed by atoms with Gasteiger partial charge in [0.1, 0.15) is 5.60 Å². The van der Waals surface area contributed by atoms with E-state index in [0.717, 1.165) is 57.7 Å². The number of hydrogen-bond donors (Lipinski definition) is 2. The summed E-state index contributed by atoms with van der Waals surface area (Å²) in [7, 11) is 0. The third-order valence-electron chi connectivity index (χ3n) is 5.43. The topological polar surface area (TPSA) is 70.8 Å². The van der Waals surface area contributed by atoms with Crippen LogP contribution in [0.25, 0.3) is 0 Å². The Labute approximate surface area is 163 Å². The molecule has 2 saturated heterocycles. The molecule has 0 bridgehead atoms. The molecule has 0 aromatic heterocycles. The van der Waals surface area contributed by atoms with Gasteiger partial charge in [0.15, 0.2) is 0 Å². The van der Waals surface area contributed by atoms with Gasteiger partial charge in [0.05, 0.1) is 0 Å². The van der Waals surface area contributed by atoms with Gasteiger partial charge in [-0.2, -0.15) is 0 Å². The van der Waals surface area contributed by atoms with Crippen LogP contribution in [0.1, 0.15) is 40.0 Å². The van der Waals surface area contributed by atoms with E-state index in [9.17, 15) is 4.79 Å². The minimum Gasteiger partial charge on any atom is -0.444 e. The molecule has 1 amide bonds. The Bertz CT molecular complexity index is 635. The van der Waals surface area contributed by atoms with Crippen LogP contribution in [0.2, 0.25) is 0 Å². The van der Waals surface area contributed by atoms with Crippen molar-refractivity contribution in [2.24, 2.45) is 5.92 Å². The molecule has 1 aromatic carbocycles. The highest BCUT2D eigenvalue weighted by Gasteiger charge is 2.32. The number of carbonyl (C=O) groups is 1. The first kappa shape index (κ1) is 19.8. The predicted molar refractivity (Wildman–Crippen MR) is 110 cm³/mol. The summed E-state index contributed by atoms with van der Waals surface area (Å²) in [5.74, 6) is 0.636. The van der Waals surface area contributed by atoms with Crippen LogP contribution in [0.15, 0.2) is 24.3 Å². The van der Waals surface area contributed by atoms with Crippen LogP contribution in [0.3, 0.4) is 0 Å². The standard InChI is InChI=1S/C21H34N4O2/c1-21(2,3)27-20(26)25-12-9-23-15-19(25)13-16-7-10-24(11-8-16)18-6-4-5-17(22)14-18/h4-6,14,16,19,23H,7-13,15,22H2,1-3H3. The summed E-state index contributed by atoms with van der Waals surface area (Å²) in [6.45, 7) is 10.3. The number of nitrogens with one attached hydrogen (secondary N) is 1. The second-order valence-corrected chi connectivity index (χ2v) is 8.79. The quantitative estimate of drug-likeness (QED) is 0.796. The van der Waals surface area contributed by atoms with E-state index in [2.05, 4.69) is 22.3 Å². The molecule has 6 heteroatoms. The Hall–Kier alpha value is -1.95. The molecule has 3 rings (SSSR count). The van der Waals surface area contributed by atoms with Crippen LogP contribution in [-0.2, 0) is 4.74 Å². The number of nitrogens with two attached hydrogens (primary N) is 1. The number of nitrogens with zero attached hydrogens (tertiary/aromatic N) is 2. The van der Waals surface area contributed by atoms with Crippen molar-refractivity contribution in [3.8, 4) is 0 Å². The van der Waals surface area contributed by atoms with Gasteiger partial charge in [0, 0.05) is 50.1 Å². The first-order chi connectivity index (χ1) is 12.8.